The molecule has 0 bridgehead atoms. The van der Waals surface area contributed by atoms with Crippen LogP contribution in [0.15, 0.2) is 29.2 Å². The highest BCUT2D eigenvalue weighted by molar-refractivity contribution is 7.91. The van der Waals surface area contributed by atoms with E-state index in [0.717, 1.165) is 0 Å². The zero-order valence-electron chi connectivity index (χ0n) is 9.96. The van der Waals surface area contributed by atoms with Crippen LogP contribution >= 0.6 is 0 Å². The number of rotatable bonds is 6. The molecule has 0 unspecified atom stereocenters. The van der Waals surface area contributed by atoms with E-state index in [4.69, 9.17) is 5.14 Å². The lowest BCUT2D eigenvalue weighted by atomic mass is 10.3. The molecule has 0 saturated carbocycles. The van der Waals surface area contributed by atoms with Gasteiger partial charge in [0.25, 0.3) is 0 Å². The molecule has 1 rings (SSSR count). The van der Waals surface area contributed by atoms with Crippen molar-refractivity contribution in [3.05, 3.63) is 24.3 Å². The van der Waals surface area contributed by atoms with Crippen LogP contribution in [-0.2, 0) is 19.9 Å². The Morgan fingerprint density at radius 2 is 1.78 bits per heavy atom. The fourth-order valence-electron chi connectivity index (χ4n) is 1.37. The Hall–Kier alpha value is -1.12. The molecule has 3 N–H and O–H groups in total. The molecular weight excluding hydrogens is 276 g/mol. The molecule has 0 radical (unpaired) electrons. The van der Waals surface area contributed by atoms with E-state index in [0.29, 0.717) is 5.69 Å². The fourth-order valence-corrected chi connectivity index (χ4v) is 2.83. The zero-order chi connectivity index (χ0) is 13.8. The number of anilines is 1. The van der Waals surface area contributed by atoms with Gasteiger partial charge in [0, 0.05) is 6.54 Å². The summed E-state index contributed by atoms with van der Waals surface area (Å²) >= 11 is 0. The van der Waals surface area contributed by atoms with Crippen LogP contribution < -0.4 is 10.5 Å². The van der Waals surface area contributed by atoms with Crippen LogP contribution in [0, 0.1) is 0 Å². The molecule has 0 aliphatic heterocycles. The minimum Gasteiger partial charge on any atom is -0.383 e. The molecule has 0 heterocycles. The first-order valence-corrected chi connectivity index (χ1v) is 8.69. The Morgan fingerprint density at radius 3 is 2.33 bits per heavy atom. The summed E-state index contributed by atoms with van der Waals surface area (Å²) in [6.07, 6.45) is 0. The van der Waals surface area contributed by atoms with E-state index in [1.807, 2.05) is 0 Å². The normalized spacial score (nSPS) is 12.3. The van der Waals surface area contributed by atoms with Crippen LogP contribution in [-0.4, -0.2) is 34.9 Å². The average molecular weight is 292 g/mol. The van der Waals surface area contributed by atoms with E-state index in [1.165, 1.54) is 6.07 Å². The van der Waals surface area contributed by atoms with Gasteiger partial charge in [-0.05, 0) is 12.1 Å². The first kappa shape index (κ1) is 14.9. The predicted octanol–water partition coefficient (Wildman–Crippen LogP) is 0.181. The first-order chi connectivity index (χ1) is 8.26. The standard InChI is InChI=1S/C10H16N2O4S2/c1-2-17(13,14)10-6-4-3-5-9(10)12-7-8-18(11,15)16/h3-6,12H,2,7-8H2,1H3,(H2,11,15,16). The van der Waals surface area contributed by atoms with Crippen LogP contribution in [0.1, 0.15) is 6.92 Å². The molecule has 102 valence electrons. The Balaban J connectivity index is 2.91. The largest absolute Gasteiger partial charge is 0.383 e. The summed E-state index contributed by atoms with van der Waals surface area (Å²) in [7, 11) is -6.90. The quantitative estimate of drug-likeness (QED) is 0.778. The van der Waals surface area contributed by atoms with Crippen molar-refractivity contribution < 1.29 is 16.8 Å². The maximum atomic E-state index is 11.8. The molecule has 0 aromatic heterocycles. The van der Waals surface area contributed by atoms with Gasteiger partial charge in [0.2, 0.25) is 10.0 Å². The van der Waals surface area contributed by atoms with Crippen molar-refractivity contribution in [3.63, 3.8) is 0 Å². The van der Waals surface area contributed by atoms with E-state index in [-0.39, 0.29) is 22.9 Å². The van der Waals surface area contributed by atoms with Gasteiger partial charge in [0.1, 0.15) is 0 Å². The maximum Gasteiger partial charge on any atom is 0.210 e. The van der Waals surface area contributed by atoms with Crippen molar-refractivity contribution in [2.45, 2.75) is 11.8 Å². The van der Waals surface area contributed by atoms with E-state index in [1.54, 1.807) is 25.1 Å². The number of hydrogen-bond acceptors (Lipinski definition) is 5. The van der Waals surface area contributed by atoms with Gasteiger partial charge in [0.15, 0.2) is 9.84 Å². The molecule has 0 atom stereocenters. The van der Waals surface area contributed by atoms with E-state index >= 15 is 0 Å². The topological polar surface area (TPSA) is 106 Å². The number of nitrogens with two attached hydrogens (primary N) is 1. The van der Waals surface area contributed by atoms with Gasteiger partial charge in [-0.1, -0.05) is 19.1 Å². The molecule has 0 fully saturated rings. The number of benzene rings is 1. The second-order valence-electron chi connectivity index (χ2n) is 3.69. The lowest BCUT2D eigenvalue weighted by Gasteiger charge is -2.11. The van der Waals surface area contributed by atoms with Gasteiger partial charge in [-0.25, -0.2) is 22.0 Å². The summed E-state index contributed by atoms with van der Waals surface area (Å²) < 4.78 is 45.2. The van der Waals surface area contributed by atoms with Crippen LogP contribution in [0.4, 0.5) is 5.69 Å². The van der Waals surface area contributed by atoms with Gasteiger partial charge < -0.3 is 5.32 Å². The molecule has 1 aromatic carbocycles. The number of nitrogens with one attached hydrogen (secondary N) is 1. The Bertz CT molecular complexity index is 609. The summed E-state index contributed by atoms with van der Waals surface area (Å²) in [6, 6.07) is 6.37. The van der Waals surface area contributed by atoms with Crippen LogP contribution in [0.5, 0.6) is 0 Å². The van der Waals surface area contributed by atoms with Crippen molar-refractivity contribution in [3.8, 4) is 0 Å². The van der Waals surface area contributed by atoms with E-state index in [2.05, 4.69) is 5.32 Å². The van der Waals surface area contributed by atoms with Crippen LogP contribution in [0.2, 0.25) is 0 Å². The molecule has 0 amide bonds. The SMILES string of the molecule is CCS(=O)(=O)c1ccccc1NCCS(N)(=O)=O. The van der Waals surface area contributed by atoms with Crippen molar-refractivity contribution in [1.82, 2.24) is 0 Å². The second kappa shape index (κ2) is 5.68. The van der Waals surface area contributed by atoms with E-state index in [9.17, 15) is 16.8 Å². The predicted molar refractivity (Wildman–Crippen MR) is 70.6 cm³/mol. The lowest BCUT2D eigenvalue weighted by Crippen LogP contribution is -2.23. The molecule has 0 spiro atoms. The molecular formula is C10H16N2O4S2. The van der Waals surface area contributed by atoms with Gasteiger partial charge in [-0.15, -0.1) is 0 Å². The molecule has 0 aliphatic carbocycles. The zero-order valence-corrected chi connectivity index (χ0v) is 11.6. The van der Waals surface area contributed by atoms with Crippen molar-refractivity contribution in [1.29, 1.82) is 0 Å². The van der Waals surface area contributed by atoms with Gasteiger partial charge in [-0.3, -0.25) is 0 Å². The van der Waals surface area contributed by atoms with E-state index < -0.39 is 19.9 Å². The number of sulfonamides is 1. The third-order valence-corrected chi connectivity index (χ3v) is 4.86. The van der Waals surface area contributed by atoms with Gasteiger partial charge in [0.05, 0.1) is 22.1 Å². The third-order valence-electron chi connectivity index (χ3n) is 2.30. The molecule has 0 aliphatic rings. The average Bonchev–Trinajstić information content (AvgIpc) is 2.28. The molecule has 8 heteroatoms. The van der Waals surface area contributed by atoms with Crippen LogP contribution in [0.25, 0.3) is 0 Å². The number of para-hydroxylation sites is 1. The molecule has 1 aromatic rings. The summed E-state index contributed by atoms with van der Waals surface area (Å²) in [5.74, 6) is -0.269. The number of sulfone groups is 1. The first-order valence-electron chi connectivity index (χ1n) is 5.32. The Labute approximate surface area is 107 Å². The Morgan fingerprint density at radius 1 is 1.17 bits per heavy atom. The molecule has 6 nitrogen and oxygen atoms in total. The van der Waals surface area contributed by atoms with Crippen LogP contribution in [0.3, 0.4) is 0 Å². The van der Waals surface area contributed by atoms with Crippen molar-refractivity contribution in [2.24, 2.45) is 5.14 Å². The number of primary sulfonamides is 1. The molecule has 0 saturated heterocycles. The highest BCUT2D eigenvalue weighted by atomic mass is 32.2. The fraction of sp³-hybridized carbons (Fsp3) is 0.400. The summed E-state index contributed by atoms with van der Waals surface area (Å²) in [4.78, 5) is 0.168. The van der Waals surface area contributed by atoms with Crippen molar-refractivity contribution >= 4 is 25.5 Å². The third kappa shape index (κ3) is 4.28. The highest BCUT2D eigenvalue weighted by Crippen LogP contribution is 2.21. The smallest absolute Gasteiger partial charge is 0.210 e. The van der Waals surface area contributed by atoms with Gasteiger partial charge >= 0.3 is 0 Å². The Kier molecular flexibility index (Phi) is 4.71. The maximum absolute atomic E-state index is 11.8. The second-order valence-corrected chi connectivity index (χ2v) is 7.67. The summed E-state index contributed by atoms with van der Waals surface area (Å²) in [5, 5.41) is 7.64. The lowest BCUT2D eigenvalue weighted by molar-refractivity contribution is 0.597. The molecule has 18 heavy (non-hydrogen) atoms. The monoisotopic (exact) mass is 292 g/mol. The number of hydrogen-bond donors (Lipinski definition) is 2. The summed E-state index contributed by atoms with van der Waals surface area (Å²) in [6.45, 7) is 1.62. The highest BCUT2D eigenvalue weighted by Gasteiger charge is 2.15. The minimum atomic E-state index is -3.56. The summed E-state index contributed by atoms with van der Waals surface area (Å²) in [5.41, 5.74) is 0.392. The van der Waals surface area contributed by atoms with Gasteiger partial charge in [-0.2, -0.15) is 0 Å². The van der Waals surface area contributed by atoms with Crippen molar-refractivity contribution in [2.75, 3.05) is 23.4 Å². The minimum absolute atomic E-state index is 0.0130.